The topological polar surface area (TPSA) is 55.9 Å². The van der Waals surface area contributed by atoms with Gasteiger partial charge in [-0.3, -0.25) is 16.0 Å². The molecule has 1 fully saturated rings. The average Bonchev–Trinajstić information content (AvgIpc) is 2.52. The molecule has 1 aliphatic carbocycles. The van der Waals surface area contributed by atoms with E-state index in [2.05, 4.69) is 33.4 Å². The van der Waals surface area contributed by atoms with Gasteiger partial charge in [-0.1, -0.05) is 13.3 Å². The van der Waals surface area contributed by atoms with Gasteiger partial charge in [-0.15, -0.1) is 0 Å². The third-order valence-corrected chi connectivity index (χ3v) is 4.76. The molecule has 0 aliphatic heterocycles. The zero-order chi connectivity index (χ0) is 12.4. The fourth-order valence-corrected chi connectivity index (χ4v) is 3.23. The maximum absolute atomic E-state index is 5.68. The number of hydrogen-bond acceptors (Lipinski definition) is 3. The summed E-state index contributed by atoms with van der Waals surface area (Å²) in [4.78, 5) is 0. The van der Waals surface area contributed by atoms with Crippen LogP contribution in [0.15, 0.2) is 4.47 Å². The molecule has 2 rings (SSSR count). The molecule has 96 valence electrons. The van der Waals surface area contributed by atoms with E-state index in [-0.39, 0.29) is 0 Å². The number of hydrazine groups is 1. The van der Waals surface area contributed by atoms with Gasteiger partial charge >= 0.3 is 0 Å². The van der Waals surface area contributed by atoms with Gasteiger partial charge in [-0.2, -0.15) is 5.10 Å². The van der Waals surface area contributed by atoms with Crippen molar-refractivity contribution >= 4 is 15.9 Å². The van der Waals surface area contributed by atoms with E-state index in [4.69, 9.17) is 5.84 Å². The van der Waals surface area contributed by atoms with Crippen molar-refractivity contribution in [1.82, 2.24) is 15.2 Å². The first-order valence-electron chi connectivity index (χ1n) is 6.33. The van der Waals surface area contributed by atoms with E-state index < -0.39 is 0 Å². The second-order valence-electron chi connectivity index (χ2n) is 4.85. The van der Waals surface area contributed by atoms with Crippen LogP contribution in [0.25, 0.3) is 0 Å². The van der Waals surface area contributed by atoms with Gasteiger partial charge in [-0.25, -0.2) is 0 Å². The number of nitrogens with two attached hydrogens (primary N) is 1. The molecule has 0 saturated heterocycles. The van der Waals surface area contributed by atoms with Crippen LogP contribution in [0, 0.1) is 5.92 Å². The van der Waals surface area contributed by atoms with Crippen LogP contribution in [0.2, 0.25) is 0 Å². The van der Waals surface area contributed by atoms with Crippen LogP contribution in [0.1, 0.15) is 37.6 Å². The quantitative estimate of drug-likeness (QED) is 0.645. The molecule has 1 aromatic rings. The predicted octanol–water partition coefficient (Wildman–Crippen LogP) is 1.92. The van der Waals surface area contributed by atoms with Gasteiger partial charge in [0.05, 0.1) is 15.9 Å². The minimum atomic E-state index is 0.375. The van der Waals surface area contributed by atoms with Crippen LogP contribution < -0.4 is 11.3 Å². The molecule has 1 unspecified atom stereocenters. The first-order chi connectivity index (χ1) is 8.17. The lowest BCUT2D eigenvalue weighted by Crippen LogP contribution is -2.45. The Morgan fingerprint density at radius 3 is 2.71 bits per heavy atom. The van der Waals surface area contributed by atoms with Crippen molar-refractivity contribution in [2.24, 2.45) is 18.8 Å². The minimum Gasteiger partial charge on any atom is -0.271 e. The summed E-state index contributed by atoms with van der Waals surface area (Å²) in [7, 11) is 2.01. The molecule has 0 bridgehead atoms. The summed E-state index contributed by atoms with van der Waals surface area (Å²) in [5, 5.41) is 4.52. The van der Waals surface area contributed by atoms with Gasteiger partial charge < -0.3 is 0 Å². The Morgan fingerprint density at radius 2 is 2.29 bits per heavy atom. The van der Waals surface area contributed by atoms with Crippen LogP contribution in [-0.2, 0) is 19.9 Å². The first-order valence-corrected chi connectivity index (χ1v) is 7.13. The standard InChI is InChI=1S/C12H21BrN4/c1-3-9-12(13)11(17(2)16-9)7-10(15-14)8-5-4-6-8/h8,10,15H,3-7,14H2,1-2H3. The van der Waals surface area contributed by atoms with E-state index in [9.17, 15) is 0 Å². The fraction of sp³-hybridized carbons (Fsp3) is 0.750. The monoisotopic (exact) mass is 300 g/mol. The van der Waals surface area contributed by atoms with Gasteiger partial charge in [0.1, 0.15) is 0 Å². The molecule has 1 heterocycles. The van der Waals surface area contributed by atoms with Crippen LogP contribution in [0.5, 0.6) is 0 Å². The van der Waals surface area contributed by atoms with Gasteiger partial charge in [-0.05, 0) is 41.1 Å². The molecule has 17 heavy (non-hydrogen) atoms. The zero-order valence-electron chi connectivity index (χ0n) is 10.5. The van der Waals surface area contributed by atoms with Crippen molar-refractivity contribution < 1.29 is 0 Å². The van der Waals surface area contributed by atoms with Crippen LogP contribution in [0.3, 0.4) is 0 Å². The molecule has 3 N–H and O–H groups in total. The van der Waals surface area contributed by atoms with Crippen molar-refractivity contribution in [1.29, 1.82) is 0 Å². The maximum atomic E-state index is 5.68. The van der Waals surface area contributed by atoms with E-state index in [1.807, 2.05) is 11.7 Å². The third-order valence-electron chi connectivity index (χ3n) is 3.85. The smallest absolute Gasteiger partial charge is 0.0766 e. The minimum absolute atomic E-state index is 0.375. The summed E-state index contributed by atoms with van der Waals surface area (Å²) >= 11 is 3.66. The van der Waals surface area contributed by atoms with Crippen LogP contribution in [0.4, 0.5) is 0 Å². The summed E-state index contributed by atoms with van der Waals surface area (Å²) in [5.74, 6) is 6.40. The Balaban J connectivity index is 2.13. The molecular weight excluding hydrogens is 280 g/mol. The van der Waals surface area contributed by atoms with Crippen molar-refractivity contribution in [3.8, 4) is 0 Å². The largest absolute Gasteiger partial charge is 0.271 e. The molecule has 1 atom stereocenters. The Bertz CT molecular complexity index is 384. The van der Waals surface area contributed by atoms with Crippen molar-refractivity contribution in [2.75, 3.05) is 0 Å². The molecule has 0 amide bonds. The van der Waals surface area contributed by atoms with E-state index in [0.717, 1.165) is 28.9 Å². The Kier molecular flexibility index (Phi) is 4.22. The van der Waals surface area contributed by atoms with Crippen LogP contribution in [-0.4, -0.2) is 15.8 Å². The highest BCUT2D eigenvalue weighted by Gasteiger charge is 2.28. The second-order valence-corrected chi connectivity index (χ2v) is 5.65. The summed E-state index contributed by atoms with van der Waals surface area (Å²) in [5.41, 5.74) is 5.35. The van der Waals surface area contributed by atoms with Crippen LogP contribution >= 0.6 is 15.9 Å². The number of halogens is 1. The van der Waals surface area contributed by atoms with E-state index >= 15 is 0 Å². The normalized spacial score (nSPS) is 18.1. The summed E-state index contributed by atoms with van der Waals surface area (Å²) in [6.45, 7) is 2.13. The van der Waals surface area contributed by atoms with E-state index in [1.54, 1.807) is 0 Å². The highest BCUT2D eigenvalue weighted by molar-refractivity contribution is 9.10. The Labute approximate surface area is 111 Å². The first kappa shape index (κ1) is 13.1. The molecule has 0 radical (unpaired) electrons. The maximum Gasteiger partial charge on any atom is 0.0766 e. The lowest BCUT2D eigenvalue weighted by atomic mass is 9.78. The predicted molar refractivity (Wildman–Crippen MR) is 72.4 cm³/mol. The zero-order valence-corrected chi connectivity index (χ0v) is 12.1. The summed E-state index contributed by atoms with van der Waals surface area (Å²) in [6.07, 6.45) is 5.84. The molecule has 1 aliphatic rings. The average molecular weight is 301 g/mol. The summed E-state index contributed by atoms with van der Waals surface area (Å²) in [6, 6.07) is 0.375. The molecule has 0 spiro atoms. The molecule has 5 heteroatoms. The number of nitrogens with zero attached hydrogens (tertiary/aromatic N) is 2. The molecule has 1 saturated carbocycles. The molecule has 1 aromatic heterocycles. The number of aryl methyl sites for hydroxylation is 2. The van der Waals surface area contributed by atoms with E-state index in [0.29, 0.717) is 6.04 Å². The van der Waals surface area contributed by atoms with Gasteiger partial charge in [0.15, 0.2) is 0 Å². The van der Waals surface area contributed by atoms with Gasteiger partial charge in [0, 0.05) is 19.5 Å². The highest BCUT2D eigenvalue weighted by Crippen LogP contribution is 2.32. The number of aromatic nitrogens is 2. The van der Waals surface area contributed by atoms with Crippen molar-refractivity contribution in [3.05, 3.63) is 15.9 Å². The van der Waals surface area contributed by atoms with E-state index in [1.165, 1.54) is 25.0 Å². The number of nitrogens with one attached hydrogen (secondary N) is 1. The van der Waals surface area contributed by atoms with Crippen molar-refractivity contribution in [2.45, 2.75) is 45.1 Å². The second kappa shape index (κ2) is 5.50. The highest BCUT2D eigenvalue weighted by atomic mass is 79.9. The fourth-order valence-electron chi connectivity index (χ4n) is 2.45. The van der Waals surface area contributed by atoms with Crippen molar-refractivity contribution in [3.63, 3.8) is 0 Å². The lowest BCUT2D eigenvalue weighted by molar-refractivity contribution is 0.226. The number of rotatable bonds is 5. The Morgan fingerprint density at radius 1 is 1.59 bits per heavy atom. The Hall–Kier alpha value is -0.390. The molecular formula is C12H21BrN4. The number of hydrogen-bond donors (Lipinski definition) is 2. The van der Waals surface area contributed by atoms with Gasteiger partial charge in [0.2, 0.25) is 0 Å². The molecule has 4 nitrogen and oxygen atoms in total. The molecule has 0 aromatic carbocycles. The SMILES string of the molecule is CCc1nn(C)c(CC(NN)C2CCC2)c1Br. The summed E-state index contributed by atoms with van der Waals surface area (Å²) < 4.78 is 3.13. The third kappa shape index (κ3) is 2.56. The van der Waals surface area contributed by atoms with Gasteiger partial charge in [0.25, 0.3) is 0 Å². The lowest BCUT2D eigenvalue weighted by Gasteiger charge is -2.33.